The van der Waals surface area contributed by atoms with E-state index < -0.39 is 0 Å². The molecule has 2 heterocycles. The second-order valence-corrected chi connectivity index (χ2v) is 3.16. The summed E-state index contributed by atoms with van der Waals surface area (Å²) >= 11 is 0. The van der Waals surface area contributed by atoms with Gasteiger partial charge in [-0.25, -0.2) is 0 Å². The Morgan fingerprint density at radius 3 is 2.44 bits per heavy atom. The van der Waals surface area contributed by atoms with E-state index in [1.807, 2.05) is 36.4 Å². The van der Waals surface area contributed by atoms with Gasteiger partial charge in [0.05, 0.1) is 0 Å². The molecule has 0 bridgehead atoms. The summed E-state index contributed by atoms with van der Waals surface area (Å²) in [5.74, 6) is 0. The van der Waals surface area contributed by atoms with Crippen LogP contribution in [-0.2, 0) is 4.84 Å². The van der Waals surface area contributed by atoms with Crippen LogP contribution in [0, 0.1) is 0 Å². The monoisotopic (exact) mass is 216 g/mol. The van der Waals surface area contributed by atoms with Gasteiger partial charge in [-0.3, -0.25) is 0 Å². The summed E-state index contributed by atoms with van der Waals surface area (Å²) in [5, 5.41) is 7.27. The van der Waals surface area contributed by atoms with Crippen molar-refractivity contribution in [1.29, 1.82) is 0 Å². The lowest BCUT2D eigenvalue weighted by Crippen LogP contribution is -1.73. The summed E-state index contributed by atoms with van der Waals surface area (Å²) in [6.45, 7) is 0.778. The Morgan fingerprint density at radius 1 is 1.06 bits per heavy atom. The zero-order valence-electron chi connectivity index (χ0n) is 8.74. The van der Waals surface area contributed by atoms with E-state index in [0.717, 1.165) is 24.3 Å². The van der Waals surface area contributed by atoms with E-state index in [1.54, 1.807) is 12.5 Å². The average Bonchev–Trinajstić information content (AvgIpc) is 3.07. The minimum Gasteiger partial charge on any atom is -0.396 e. The van der Waals surface area contributed by atoms with Gasteiger partial charge < -0.3 is 9.36 Å². The highest BCUT2D eigenvalue weighted by molar-refractivity contribution is 5.57. The van der Waals surface area contributed by atoms with E-state index in [0.29, 0.717) is 0 Å². The van der Waals surface area contributed by atoms with Crippen molar-refractivity contribution in [3.8, 4) is 11.3 Å². The Bertz CT molecular complexity index is 418. The Kier molecular flexibility index (Phi) is 3.71. The van der Waals surface area contributed by atoms with Gasteiger partial charge in [0.1, 0.15) is 18.6 Å². The van der Waals surface area contributed by atoms with E-state index in [1.165, 1.54) is 0 Å². The number of rotatable bonds is 1. The molecule has 0 spiro atoms. The van der Waals surface area contributed by atoms with Crippen LogP contribution in [0.5, 0.6) is 0 Å². The first-order valence-corrected chi connectivity index (χ1v) is 5.06. The molecule has 4 nitrogen and oxygen atoms in total. The van der Waals surface area contributed by atoms with Gasteiger partial charge in [0.2, 0.25) is 0 Å². The molecule has 1 aromatic heterocycles. The third-order valence-corrected chi connectivity index (χ3v) is 1.99. The first-order valence-electron chi connectivity index (χ1n) is 5.06. The SMILES string of the molecule is C1=NOCC1.c1ccc(-c2ccon2)cc1. The van der Waals surface area contributed by atoms with Crippen LogP contribution in [0.1, 0.15) is 6.42 Å². The molecular weight excluding hydrogens is 204 g/mol. The molecule has 1 aliphatic heterocycles. The molecule has 0 aliphatic carbocycles. The van der Waals surface area contributed by atoms with Crippen LogP contribution in [0.25, 0.3) is 11.3 Å². The standard InChI is InChI=1S/C9H7NO.C3H5NO/c1-2-4-8(5-3-1)9-6-7-11-10-9;1-2-4-5-3-1/h1-7H;2H,1,3H2. The largest absolute Gasteiger partial charge is 0.396 e. The topological polar surface area (TPSA) is 47.6 Å². The normalized spacial score (nSPS) is 12.8. The maximum atomic E-state index is 4.72. The fourth-order valence-electron chi connectivity index (χ4n) is 1.23. The van der Waals surface area contributed by atoms with Crippen molar-refractivity contribution >= 4 is 6.21 Å². The molecule has 0 N–H and O–H groups in total. The summed E-state index contributed by atoms with van der Waals surface area (Å²) in [6.07, 6.45) is 4.32. The third kappa shape index (κ3) is 2.95. The molecule has 0 saturated carbocycles. The Balaban J connectivity index is 0.000000162. The summed E-state index contributed by atoms with van der Waals surface area (Å²) in [5.41, 5.74) is 1.96. The fraction of sp³-hybridized carbons (Fsp3) is 0.167. The van der Waals surface area contributed by atoms with Gasteiger partial charge in [0.15, 0.2) is 0 Å². The first-order chi connectivity index (χ1) is 7.97. The van der Waals surface area contributed by atoms with Gasteiger partial charge in [0, 0.05) is 24.3 Å². The van der Waals surface area contributed by atoms with Gasteiger partial charge in [-0.15, -0.1) is 0 Å². The molecule has 1 aromatic carbocycles. The predicted octanol–water partition coefficient (Wildman–Crippen LogP) is 2.73. The molecule has 1 aliphatic rings. The minimum atomic E-state index is 0.778. The fourth-order valence-corrected chi connectivity index (χ4v) is 1.23. The van der Waals surface area contributed by atoms with Crippen molar-refractivity contribution in [3.63, 3.8) is 0 Å². The predicted molar refractivity (Wildman–Crippen MR) is 61.0 cm³/mol. The lowest BCUT2D eigenvalue weighted by atomic mass is 10.2. The zero-order chi connectivity index (χ0) is 11.1. The van der Waals surface area contributed by atoms with Gasteiger partial charge >= 0.3 is 0 Å². The van der Waals surface area contributed by atoms with Crippen LogP contribution < -0.4 is 0 Å². The molecule has 82 valence electrons. The third-order valence-electron chi connectivity index (χ3n) is 1.99. The molecule has 16 heavy (non-hydrogen) atoms. The van der Waals surface area contributed by atoms with Gasteiger partial charge in [-0.2, -0.15) is 0 Å². The van der Waals surface area contributed by atoms with E-state index in [-0.39, 0.29) is 0 Å². The van der Waals surface area contributed by atoms with Crippen molar-refractivity contribution in [2.24, 2.45) is 5.16 Å². The van der Waals surface area contributed by atoms with Gasteiger partial charge in [-0.1, -0.05) is 40.6 Å². The molecule has 4 heteroatoms. The van der Waals surface area contributed by atoms with Crippen LogP contribution in [0.2, 0.25) is 0 Å². The number of aromatic nitrogens is 1. The average molecular weight is 216 g/mol. The molecule has 0 unspecified atom stereocenters. The molecule has 0 atom stereocenters. The quantitative estimate of drug-likeness (QED) is 0.736. The number of nitrogens with zero attached hydrogens (tertiary/aromatic N) is 2. The number of oxime groups is 1. The van der Waals surface area contributed by atoms with Crippen LogP contribution in [0.15, 0.2) is 52.3 Å². The summed E-state index contributed by atoms with van der Waals surface area (Å²) < 4.78 is 4.72. The molecule has 0 amide bonds. The number of hydrogen-bond acceptors (Lipinski definition) is 4. The smallest absolute Gasteiger partial charge is 0.124 e. The Hall–Kier alpha value is -2.10. The van der Waals surface area contributed by atoms with Crippen molar-refractivity contribution < 1.29 is 9.36 Å². The van der Waals surface area contributed by atoms with Crippen LogP contribution in [0.4, 0.5) is 0 Å². The van der Waals surface area contributed by atoms with Crippen LogP contribution in [0.3, 0.4) is 0 Å². The Morgan fingerprint density at radius 2 is 1.94 bits per heavy atom. The Labute approximate surface area is 93.5 Å². The highest BCUT2D eigenvalue weighted by Crippen LogP contribution is 2.14. The van der Waals surface area contributed by atoms with Gasteiger partial charge in [0.25, 0.3) is 0 Å². The molecule has 0 saturated heterocycles. The van der Waals surface area contributed by atoms with Crippen molar-refractivity contribution in [1.82, 2.24) is 5.16 Å². The van der Waals surface area contributed by atoms with E-state index in [4.69, 9.17) is 4.52 Å². The van der Waals surface area contributed by atoms with Crippen molar-refractivity contribution in [3.05, 3.63) is 42.7 Å². The molecule has 0 radical (unpaired) electrons. The van der Waals surface area contributed by atoms with Gasteiger partial charge in [-0.05, 0) is 0 Å². The lowest BCUT2D eigenvalue weighted by Gasteiger charge is -1.90. The van der Waals surface area contributed by atoms with E-state index >= 15 is 0 Å². The highest BCUT2D eigenvalue weighted by atomic mass is 16.6. The number of benzene rings is 1. The maximum absolute atomic E-state index is 4.72. The minimum absolute atomic E-state index is 0.778. The second-order valence-electron chi connectivity index (χ2n) is 3.16. The van der Waals surface area contributed by atoms with Crippen LogP contribution in [-0.4, -0.2) is 18.0 Å². The summed E-state index contributed by atoms with van der Waals surface area (Å²) in [4.78, 5) is 4.51. The summed E-state index contributed by atoms with van der Waals surface area (Å²) in [7, 11) is 0. The summed E-state index contributed by atoms with van der Waals surface area (Å²) in [6, 6.07) is 11.8. The van der Waals surface area contributed by atoms with E-state index in [9.17, 15) is 0 Å². The first kappa shape index (κ1) is 10.4. The zero-order valence-corrected chi connectivity index (χ0v) is 8.74. The number of hydrogen-bond donors (Lipinski definition) is 0. The van der Waals surface area contributed by atoms with Crippen molar-refractivity contribution in [2.45, 2.75) is 6.42 Å². The van der Waals surface area contributed by atoms with E-state index in [2.05, 4.69) is 15.1 Å². The molecule has 0 fully saturated rings. The molecule has 2 aromatic rings. The second kappa shape index (κ2) is 5.70. The molecular formula is C12H12N2O2. The molecule has 3 rings (SSSR count). The van der Waals surface area contributed by atoms with Crippen molar-refractivity contribution in [2.75, 3.05) is 6.61 Å². The lowest BCUT2D eigenvalue weighted by molar-refractivity contribution is 0.174. The van der Waals surface area contributed by atoms with Crippen LogP contribution >= 0.6 is 0 Å². The maximum Gasteiger partial charge on any atom is 0.124 e. The highest BCUT2D eigenvalue weighted by Gasteiger charge is 1.96.